The van der Waals surface area contributed by atoms with Crippen LogP contribution in [0.1, 0.15) is 18.1 Å². The molecule has 5 nitrogen and oxygen atoms in total. The fourth-order valence-electron chi connectivity index (χ4n) is 2.79. The van der Waals surface area contributed by atoms with E-state index in [9.17, 15) is 4.79 Å². The molecular formula is C22H22N2O3. The van der Waals surface area contributed by atoms with Crippen LogP contribution in [0.4, 0.5) is 0 Å². The van der Waals surface area contributed by atoms with Crippen molar-refractivity contribution < 1.29 is 14.3 Å². The van der Waals surface area contributed by atoms with Gasteiger partial charge in [-0.25, -0.2) is 5.43 Å². The molecule has 1 amide bonds. The van der Waals surface area contributed by atoms with Gasteiger partial charge in [-0.05, 0) is 41.0 Å². The summed E-state index contributed by atoms with van der Waals surface area (Å²) in [5.74, 6) is 1.04. The molecule has 138 valence electrons. The van der Waals surface area contributed by atoms with E-state index in [-0.39, 0.29) is 12.5 Å². The second-order valence-electron chi connectivity index (χ2n) is 5.99. The molecular weight excluding hydrogens is 340 g/mol. The molecule has 0 aromatic heterocycles. The molecule has 3 aromatic carbocycles. The summed E-state index contributed by atoms with van der Waals surface area (Å²) in [6.07, 6.45) is 2.51. The Morgan fingerprint density at radius 3 is 2.78 bits per heavy atom. The second kappa shape index (κ2) is 8.85. The van der Waals surface area contributed by atoms with Crippen LogP contribution < -0.4 is 14.9 Å². The Bertz CT molecular complexity index is 967. The van der Waals surface area contributed by atoms with Crippen LogP contribution in [-0.4, -0.2) is 25.8 Å². The first kappa shape index (κ1) is 18.5. The first-order valence-corrected chi connectivity index (χ1v) is 8.80. The number of rotatable bonds is 7. The zero-order valence-corrected chi connectivity index (χ0v) is 15.4. The molecule has 0 aliphatic rings. The van der Waals surface area contributed by atoms with Gasteiger partial charge in [0.15, 0.2) is 6.61 Å². The van der Waals surface area contributed by atoms with Crippen LogP contribution in [0, 0.1) is 0 Å². The molecule has 0 saturated heterocycles. The summed E-state index contributed by atoms with van der Waals surface area (Å²) in [5.41, 5.74) is 4.47. The third kappa shape index (κ3) is 4.64. The second-order valence-corrected chi connectivity index (χ2v) is 5.99. The van der Waals surface area contributed by atoms with Crippen molar-refractivity contribution in [3.05, 3.63) is 71.8 Å². The maximum Gasteiger partial charge on any atom is 0.277 e. The van der Waals surface area contributed by atoms with Gasteiger partial charge in [-0.1, -0.05) is 49.4 Å². The van der Waals surface area contributed by atoms with E-state index < -0.39 is 0 Å². The maximum atomic E-state index is 12.0. The van der Waals surface area contributed by atoms with Crippen molar-refractivity contribution in [2.24, 2.45) is 5.10 Å². The van der Waals surface area contributed by atoms with E-state index >= 15 is 0 Å². The van der Waals surface area contributed by atoms with E-state index in [1.54, 1.807) is 13.3 Å². The van der Waals surface area contributed by atoms with Crippen LogP contribution in [0.5, 0.6) is 11.5 Å². The van der Waals surface area contributed by atoms with Gasteiger partial charge < -0.3 is 9.47 Å². The molecule has 1 N–H and O–H groups in total. The van der Waals surface area contributed by atoms with Crippen LogP contribution in [-0.2, 0) is 11.2 Å². The normalized spacial score (nSPS) is 10.9. The number of ether oxygens (including phenoxy) is 2. The summed E-state index contributed by atoms with van der Waals surface area (Å²) in [6, 6.07) is 19.5. The van der Waals surface area contributed by atoms with Crippen LogP contribution in [0.25, 0.3) is 10.8 Å². The highest BCUT2D eigenvalue weighted by Gasteiger charge is 2.07. The van der Waals surface area contributed by atoms with Gasteiger partial charge >= 0.3 is 0 Å². The molecule has 0 bridgehead atoms. The molecule has 0 atom stereocenters. The predicted octanol–water partition coefficient (Wildman–Crippen LogP) is 3.94. The quantitative estimate of drug-likeness (QED) is 0.512. The lowest BCUT2D eigenvalue weighted by atomic mass is 10.0. The fourth-order valence-corrected chi connectivity index (χ4v) is 2.79. The number of hydrogen-bond donors (Lipinski definition) is 1. The molecule has 0 radical (unpaired) electrons. The highest BCUT2D eigenvalue weighted by molar-refractivity contribution is 6.02. The number of hydrogen-bond acceptors (Lipinski definition) is 4. The average Bonchev–Trinajstić information content (AvgIpc) is 2.72. The minimum atomic E-state index is -0.327. The SMILES string of the molecule is CCc1cccc(OCC(=O)N/N=C/c2c(OC)ccc3ccccc23)c1. The molecule has 5 heteroatoms. The van der Waals surface area contributed by atoms with Gasteiger partial charge in [0, 0.05) is 5.56 Å². The highest BCUT2D eigenvalue weighted by Crippen LogP contribution is 2.26. The van der Waals surface area contributed by atoms with E-state index in [2.05, 4.69) is 17.5 Å². The van der Waals surface area contributed by atoms with Gasteiger partial charge in [0.1, 0.15) is 11.5 Å². The number of carbonyl (C=O) groups excluding carboxylic acids is 1. The first-order chi connectivity index (χ1) is 13.2. The molecule has 0 saturated carbocycles. The third-order valence-corrected chi connectivity index (χ3v) is 4.21. The van der Waals surface area contributed by atoms with E-state index in [1.165, 1.54) is 0 Å². The fraction of sp³-hybridized carbons (Fsp3) is 0.182. The number of methoxy groups -OCH3 is 1. The number of hydrazone groups is 1. The van der Waals surface area contributed by atoms with Crippen molar-refractivity contribution in [2.75, 3.05) is 13.7 Å². The van der Waals surface area contributed by atoms with E-state index in [1.807, 2.05) is 60.7 Å². The molecule has 0 aliphatic heterocycles. The van der Waals surface area contributed by atoms with Crippen molar-refractivity contribution >= 4 is 22.9 Å². The van der Waals surface area contributed by atoms with Crippen LogP contribution in [0.15, 0.2) is 65.8 Å². The monoisotopic (exact) mass is 362 g/mol. The van der Waals surface area contributed by atoms with Gasteiger partial charge in [0.05, 0.1) is 13.3 Å². The number of carbonyl (C=O) groups is 1. The summed E-state index contributed by atoms with van der Waals surface area (Å²) in [5, 5.41) is 6.14. The van der Waals surface area contributed by atoms with Gasteiger partial charge in [-0.15, -0.1) is 0 Å². The minimum absolute atomic E-state index is 0.100. The number of amides is 1. The molecule has 3 aromatic rings. The summed E-state index contributed by atoms with van der Waals surface area (Å²) in [7, 11) is 1.61. The molecule has 0 fully saturated rings. The van der Waals surface area contributed by atoms with Crippen molar-refractivity contribution in [3.63, 3.8) is 0 Å². The Hall–Kier alpha value is -3.34. The van der Waals surface area contributed by atoms with Gasteiger partial charge in [0.2, 0.25) is 0 Å². The summed E-state index contributed by atoms with van der Waals surface area (Å²) < 4.78 is 10.9. The largest absolute Gasteiger partial charge is 0.496 e. The maximum absolute atomic E-state index is 12.0. The first-order valence-electron chi connectivity index (χ1n) is 8.80. The lowest BCUT2D eigenvalue weighted by Crippen LogP contribution is -2.24. The predicted molar refractivity (Wildman–Crippen MR) is 108 cm³/mol. The molecule has 0 unspecified atom stereocenters. The summed E-state index contributed by atoms with van der Waals surface area (Å²) >= 11 is 0. The molecule has 0 aliphatic carbocycles. The van der Waals surface area contributed by atoms with Crippen molar-refractivity contribution in [2.45, 2.75) is 13.3 Å². The molecule has 0 spiro atoms. The molecule has 0 heterocycles. The number of benzene rings is 3. The average molecular weight is 362 g/mol. The zero-order chi connectivity index (χ0) is 19.1. The standard InChI is InChI=1S/C22H22N2O3/c1-3-16-7-6-9-18(13-16)27-15-22(25)24-23-14-20-19-10-5-4-8-17(19)11-12-21(20)26-2/h4-14H,3,15H2,1-2H3,(H,24,25)/b23-14+. The number of fused-ring (bicyclic) bond motifs is 1. The van der Waals surface area contributed by atoms with Crippen molar-refractivity contribution in [1.82, 2.24) is 5.43 Å². The van der Waals surface area contributed by atoms with E-state index in [0.29, 0.717) is 11.5 Å². The van der Waals surface area contributed by atoms with E-state index in [4.69, 9.17) is 9.47 Å². The summed E-state index contributed by atoms with van der Waals surface area (Å²) in [6.45, 7) is 1.97. The smallest absolute Gasteiger partial charge is 0.277 e. The van der Waals surface area contributed by atoms with Gasteiger partial charge in [-0.3, -0.25) is 4.79 Å². The molecule has 3 rings (SSSR count). The Labute approximate surface area is 158 Å². The molecule has 27 heavy (non-hydrogen) atoms. The highest BCUT2D eigenvalue weighted by atomic mass is 16.5. The van der Waals surface area contributed by atoms with Crippen LogP contribution >= 0.6 is 0 Å². The number of aryl methyl sites for hydroxylation is 1. The lowest BCUT2D eigenvalue weighted by Gasteiger charge is -2.09. The van der Waals surface area contributed by atoms with Crippen LogP contribution in [0.2, 0.25) is 0 Å². The Kier molecular flexibility index (Phi) is 6.05. The van der Waals surface area contributed by atoms with Crippen LogP contribution in [0.3, 0.4) is 0 Å². The Morgan fingerprint density at radius 1 is 1.11 bits per heavy atom. The topological polar surface area (TPSA) is 59.9 Å². The lowest BCUT2D eigenvalue weighted by molar-refractivity contribution is -0.123. The Morgan fingerprint density at radius 2 is 1.96 bits per heavy atom. The summed E-state index contributed by atoms with van der Waals surface area (Å²) in [4.78, 5) is 12.0. The van der Waals surface area contributed by atoms with Crippen molar-refractivity contribution in [3.8, 4) is 11.5 Å². The zero-order valence-electron chi connectivity index (χ0n) is 15.4. The van der Waals surface area contributed by atoms with Gasteiger partial charge in [0.25, 0.3) is 5.91 Å². The number of nitrogens with zero attached hydrogens (tertiary/aromatic N) is 1. The third-order valence-electron chi connectivity index (χ3n) is 4.21. The van der Waals surface area contributed by atoms with Crippen molar-refractivity contribution in [1.29, 1.82) is 0 Å². The van der Waals surface area contributed by atoms with E-state index in [0.717, 1.165) is 28.3 Å². The number of nitrogens with one attached hydrogen (secondary N) is 1. The van der Waals surface area contributed by atoms with Gasteiger partial charge in [-0.2, -0.15) is 5.10 Å². The minimum Gasteiger partial charge on any atom is -0.496 e. The Balaban J connectivity index is 1.65.